The Labute approximate surface area is 162 Å². The average Bonchev–Trinajstić information content (AvgIpc) is 3.05. The molecule has 3 rings (SSSR count). The van der Waals surface area contributed by atoms with Gasteiger partial charge in [0.2, 0.25) is 11.6 Å². The molecule has 1 N–H and O–H groups in total. The third-order valence-electron chi connectivity index (χ3n) is 3.66. The summed E-state index contributed by atoms with van der Waals surface area (Å²) in [4.78, 5) is 12.0. The van der Waals surface area contributed by atoms with E-state index in [0.29, 0.717) is 11.4 Å². The molecule has 0 unspecified atom stereocenters. The lowest BCUT2D eigenvalue weighted by molar-refractivity contribution is -0.705. The summed E-state index contributed by atoms with van der Waals surface area (Å²) >= 11 is 1.10. The zero-order valence-electron chi connectivity index (χ0n) is 14.6. The van der Waals surface area contributed by atoms with Crippen molar-refractivity contribution in [1.82, 2.24) is 5.27 Å². The van der Waals surface area contributed by atoms with Crippen molar-refractivity contribution in [2.75, 3.05) is 18.2 Å². The Bertz CT molecular complexity index is 979. The number of benzene rings is 2. The van der Waals surface area contributed by atoms with Crippen LogP contribution in [-0.2, 0) is 4.79 Å². The summed E-state index contributed by atoms with van der Waals surface area (Å²) in [6, 6.07) is 9.93. The first kappa shape index (κ1) is 19.6. The zero-order valence-corrected chi connectivity index (χ0v) is 15.5. The van der Waals surface area contributed by atoms with Crippen LogP contribution >= 0.6 is 11.8 Å². The van der Waals surface area contributed by atoms with E-state index in [1.54, 1.807) is 31.4 Å². The van der Waals surface area contributed by atoms with Gasteiger partial charge < -0.3 is 19.7 Å². The molecule has 7 nitrogen and oxygen atoms in total. The van der Waals surface area contributed by atoms with Gasteiger partial charge in [0.25, 0.3) is 5.03 Å². The van der Waals surface area contributed by atoms with Crippen LogP contribution in [0.3, 0.4) is 0 Å². The zero-order chi connectivity index (χ0) is 20.1. The summed E-state index contributed by atoms with van der Waals surface area (Å²) in [6.45, 7) is 0. The van der Waals surface area contributed by atoms with Crippen LogP contribution in [0.15, 0.2) is 52.0 Å². The van der Waals surface area contributed by atoms with E-state index in [4.69, 9.17) is 9.26 Å². The maximum absolute atomic E-state index is 13.2. The molecule has 0 saturated carbocycles. The maximum Gasteiger partial charge on any atom is 0.297 e. The minimum atomic E-state index is -1.05. The summed E-state index contributed by atoms with van der Waals surface area (Å²) in [6.07, 6.45) is 0.0386. The molecular weight excluding hydrogens is 392 g/mol. The molecule has 0 radical (unpaired) electrons. The van der Waals surface area contributed by atoms with Crippen LogP contribution in [0.25, 0.3) is 5.69 Å². The van der Waals surface area contributed by atoms with Gasteiger partial charge in [0.05, 0.1) is 12.4 Å². The number of carbonyl (C=O) groups is 1. The largest absolute Gasteiger partial charge is 0.538 e. The molecule has 146 valence electrons. The Morgan fingerprint density at radius 2 is 2.00 bits per heavy atom. The summed E-state index contributed by atoms with van der Waals surface area (Å²) in [7, 11) is 1.54. The molecule has 0 spiro atoms. The topological polar surface area (TPSA) is 91.3 Å². The van der Waals surface area contributed by atoms with Crippen LogP contribution in [0.2, 0.25) is 0 Å². The number of hydrogen-bond donors (Lipinski definition) is 1. The molecule has 28 heavy (non-hydrogen) atoms. The minimum Gasteiger partial charge on any atom is -0.538 e. The van der Waals surface area contributed by atoms with Gasteiger partial charge in [-0.25, -0.2) is 8.78 Å². The Kier molecular flexibility index (Phi) is 6.09. The molecule has 3 aromatic rings. The van der Waals surface area contributed by atoms with Crippen LogP contribution < -0.4 is 19.8 Å². The lowest BCUT2D eigenvalue weighted by Gasteiger charge is -2.05. The SMILES string of the molecule is COc1ccc(-[n+]2noc([O-])c2SCCC(=O)Nc2ccc(F)c(F)c2)cc1. The number of anilines is 1. The van der Waals surface area contributed by atoms with Crippen molar-refractivity contribution in [3.05, 3.63) is 54.1 Å². The Morgan fingerprint density at radius 1 is 1.25 bits per heavy atom. The van der Waals surface area contributed by atoms with Crippen molar-refractivity contribution < 1.29 is 32.6 Å². The fourth-order valence-electron chi connectivity index (χ4n) is 2.29. The molecule has 0 aliphatic rings. The Hall–Kier alpha value is -3.14. The second kappa shape index (κ2) is 8.70. The quantitative estimate of drug-likeness (QED) is 0.478. The normalized spacial score (nSPS) is 10.7. The van der Waals surface area contributed by atoms with E-state index >= 15 is 0 Å². The highest BCUT2D eigenvalue weighted by atomic mass is 32.2. The Balaban J connectivity index is 1.60. The average molecular weight is 407 g/mol. The Morgan fingerprint density at radius 3 is 2.68 bits per heavy atom. The standard InChI is InChI=1S/C18H15F2N3O4S/c1-26-13-5-3-12(4-6-13)23-17(18(25)27-22-23)28-9-8-16(24)21-11-2-7-14(19)15(20)10-11/h2-7,10H,8-9H2,1H3,(H-,21,22,24,25). The summed E-state index contributed by atoms with van der Waals surface area (Å²) in [5.41, 5.74) is 0.747. The first-order valence-electron chi connectivity index (χ1n) is 8.09. The second-order valence-corrected chi connectivity index (χ2v) is 6.63. The molecule has 1 heterocycles. The predicted octanol–water partition coefficient (Wildman–Crippen LogP) is 2.43. The number of hydrogen-bond acceptors (Lipinski definition) is 6. The van der Waals surface area contributed by atoms with Gasteiger partial charge in [-0.2, -0.15) is 0 Å². The fraction of sp³-hybridized carbons (Fsp3) is 0.167. The maximum atomic E-state index is 13.2. The summed E-state index contributed by atoms with van der Waals surface area (Å²) in [5.74, 6) is -2.17. The first-order chi connectivity index (χ1) is 13.5. The molecule has 0 aliphatic carbocycles. The number of amides is 1. The van der Waals surface area contributed by atoms with Crippen LogP contribution in [0.5, 0.6) is 11.7 Å². The predicted molar refractivity (Wildman–Crippen MR) is 94.4 cm³/mol. The highest BCUT2D eigenvalue weighted by Crippen LogP contribution is 2.24. The van der Waals surface area contributed by atoms with Gasteiger partial charge in [0, 0.05) is 36.1 Å². The number of carbonyl (C=O) groups excluding carboxylic acids is 1. The molecular formula is C18H15F2N3O4S. The third kappa shape index (κ3) is 4.58. The van der Waals surface area contributed by atoms with E-state index < -0.39 is 23.5 Å². The van der Waals surface area contributed by atoms with Gasteiger partial charge in [-0.3, -0.25) is 4.79 Å². The van der Waals surface area contributed by atoms with Gasteiger partial charge >= 0.3 is 0 Å². The van der Waals surface area contributed by atoms with Crippen LogP contribution in [0.4, 0.5) is 14.5 Å². The second-order valence-electron chi connectivity index (χ2n) is 5.55. The number of halogens is 2. The van der Waals surface area contributed by atoms with E-state index in [0.717, 1.165) is 23.9 Å². The lowest BCUT2D eigenvalue weighted by Crippen LogP contribution is -2.34. The van der Waals surface area contributed by atoms with E-state index in [1.807, 2.05) is 0 Å². The number of ether oxygens (including phenoxy) is 1. The number of nitrogens with one attached hydrogen (secondary N) is 1. The number of methoxy groups -OCH3 is 1. The van der Waals surface area contributed by atoms with Gasteiger partial charge in [0.15, 0.2) is 17.6 Å². The van der Waals surface area contributed by atoms with Gasteiger partial charge in [-0.1, -0.05) is 11.8 Å². The van der Waals surface area contributed by atoms with E-state index in [-0.39, 0.29) is 22.9 Å². The molecule has 1 amide bonds. The van der Waals surface area contributed by atoms with Crippen molar-refractivity contribution in [2.24, 2.45) is 0 Å². The molecule has 2 aromatic carbocycles. The van der Waals surface area contributed by atoms with E-state index in [1.165, 1.54) is 10.7 Å². The summed E-state index contributed by atoms with van der Waals surface area (Å²) < 4.78 is 37.2. The molecule has 0 fully saturated rings. The van der Waals surface area contributed by atoms with E-state index in [2.05, 4.69) is 10.6 Å². The minimum absolute atomic E-state index is 0.0386. The molecule has 0 saturated heterocycles. The molecule has 1 aromatic heterocycles. The van der Waals surface area contributed by atoms with Crippen molar-refractivity contribution in [3.8, 4) is 17.4 Å². The highest BCUT2D eigenvalue weighted by Gasteiger charge is 2.21. The van der Waals surface area contributed by atoms with E-state index in [9.17, 15) is 18.7 Å². The van der Waals surface area contributed by atoms with Gasteiger partial charge in [-0.15, -0.1) is 0 Å². The molecule has 0 bridgehead atoms. The number of rotatable bonds is 7. The van der Waals surface area contributed by atoms with Crippen LogP contribution in [-0.4, -0.2) is 24.0 Å². The van der Waals surface area contributed by atoms with Gasteiger partial charge in [-0.05, 0) is 28.9 Å². The van der Waals surface area contributed by atoms with Crippen molar-refractivity contribution >= 4 is 23.4 Å². The van der Waals surface area contributed by atoms with Gasteiger partial charge in [0.1, 0.15) is 5.75 Å². The number of thioether (sulfide) groups is 1. The third-order valence-corrected chi connectivity index (χ3v) is 4.68. The smallest absolute Gasteiger partial charge is 0.297 e. The monoisotopic (exact) mass is 407 g/mol. The fourth-order valence-corrected chi connectivity index (χ4v) is 3.18. The van der Waals surface area contributed by atoms with Crippen LogP contribution in [0.1, 0.15) is 6.42 Å². The molecule has 0 aliphatic heterocycles. The molecule has 10 heteroatoms. The molecule has 0 atom stereocenters. The van der Waals surface area contributed by atoms with Crippen molar-refractivity contribution in [3.63, 3.8) is 0 Å². The van der Waals surface area contributed by atoms with Crippen LogP contribution in [0, 0.1) is 11.6 Å². The summed E-state index contributed by atoms with van der Waals surface area (Å²) in [5, 5.41) is 18.3. The lowest BCUT2D eigenvalue weighted by atomic mass is 10.3. The van der Waals surface area contributed by atoms with Crippen molar-refractivity contribution in [1.29, 1.82) is 0 Å². The first-order valence-corrected chi connectivity index (χ1v) is 9.07. The van der Waals surface area contributed by atoms with Crippen molar-refractivity contribution in [2.45, 2.75) is 11.4 Å². The highest BCUT2D eigenvalue weighted by molar-refractivity contribution is 7.99. The number of aromatic nitrogens is 2. The number of nitrogens with zero attached hydrogens (tertiary/aromatic N) is 2.